The van der Waals surface area contributed by atoms with Crippen molar-refractivity contribution in [2.45, 2.75) is 32.8 Å². The number of benzene rings is 1. The molecule has 0 fully saturated rings. The normalized spacial score (nSPS) is 13.3. The molecule has 72 valence electrons. The molecule has 1 unspecified atom stereocenters. The number of hydrogen-bond acceptors (Lipinski definition) is 2. The predicted molar refractivity (Wildman–Crippen MR) is 52.8 cm³/mol. The Balaban J connectivity index is 3.06. The molecule has 1 aromatic carbocycles. The van der Waals surface area contributed by atoms with E-state index in [1.165, 1.54) is 0 Å². The number of phenols is 1. The van der Waals surface area contributed by atoms with Crippen LogP contribution in [-0.2, 0) is 0 Å². The Morgan fingerprint density at radius 2 is 1.77 bits per heavy atom. The number of hydrogen-bond donors (Lipinski definition) is 2. The van der Waals surface area contributed by atoms with Crippen LogP contribution < -0.4 is 0 Å². The van der Waals surface area contributed by atoms with Crippen LogP contribution in [-0.4, -0.2) is 10.2 Å². The monoisotopic (exact) mass is 180 g/mol. The molecule has 1 aromatic rings. The van der Waals surface area contributed by atoms with Crippen LogP contribution in [0.3, 0.4) is 0 Å². The molecule has 1 atom stereocenters. The highest BCUT2D eigenvalue weighted by atomic mass is 16.3. The van der Waals surface area contributed by atoms with Crippen molar-refractivity contribution < 1.29 is 10.2 Å². The highest BCUT2D eigenvalue weighted by Gasteiger charge is 2.08. The number of aliphatic hydroxyl groups excluding tert-OH is 1. The van der Waals surface area contributed by atoms with E-state index in [4.69, 9.17) is 0 Å². The van der Waals surface area contributed by atoms with Gasteiger partial charge in [-0.15, -0.1) is 0 Å². The van der Waals surface area contributed by atoms with E-state index in [-0.39, 0.29) is 5.75 Å². The van der Waals surface area contributed by atoms with E-state index >= 15 is 0 Å². The van der Waals surface area contributed by atoms with E-state index in [2.05, 4.69) is 13.8 Å². The van der Waals surface area contributed by atoms with Gasteiger partial charge in [0.15, 0.2) is 0 Å². The molecule has 0 saturated carbocycles. The van der Waals surface area contributed by atoms with Gasteiger partial charge in [0.25, 0.3) is 0 Å². The van der Waals surface area contributed by atoms with E-state index in [1.807, 2.05) is 6.07 Å². The van der Waals surface area contributed by atoms with Gasteiger partial charge in [-0.25, -0.2) is 0 Å². The summed E-state index contributed by atoms with van der Waals surface area (Å²) < 4.78 is 0. The maximum atomic E-state index is 9.55. The molecule has 0 aliphatic heterocycles. The molecule has 0 aliphatic carbocycles. The van der Waals surface area contributed by atoms with Crippen LogP contribution in [0.4, 0.5) is 0 Å². The molecule has 0 amide bonds. The second-order valence-electron chi connectivity index (χ2n) is 3.65. The van der Waals surface area contributed by atoms with Crippen molar-refractivity contribution in [2.75, 3.05) is 0 Å². The molecule has 0 bridgehead atoms. The summed E-state index contributed by atoms with van der Waals surface area (Å²) in [6.45, 7) is 5.78. The molecule has 2 heteroatoms. The van der Waals surface area contributed by atoms with E-state index in [0.717, 1.165) is 5.56 Å². The number of aliphatic hydroxyl groups is 1. The lowest BCUT2D eigenvalue weighted by Crippen LogP contribution is -1.94. The van der Waals surface area contributed by atoms with Crippen molar-refractivity contribution in [1.29, 1.82) is 0 Å². The summed E-state index contributed by atoms with van der Waals surface area (Å²) in [6, 6.07) is 5.43. The summed E-state index contributed by atoms with van der Waals surface area (Å²) in [6.07, 6.45) is -0.610. The van der Waals surface area contributed by atoms with Gasteiger partial charge in [-0.05, 0) is 24.5 Å². The first-order chi connectivity index (χ1) is 6.02. The zero-order valence-electron chi connectivity index (χ0n) is 8.28. The van der Waals surface area contributed by atoms with E-state index < -0.39 is 6.10 Å². The van der Waals surface area contributed by atoms with Crippen molar-refractivity contribution >= 4 is 0 Å². The molecule has 0 aliphatic rings. The molecular weight excluding hydrogens is 164 g/mol. The summed E-state index contributed by atoms with van der Waals surface area (Å²) in [5.41, 5.74) is 1.67. The minimum atomic E-state index is -0.610. The molecule has 2 nitrogen and oxygen atoms in total. The Labute approximate surface area is 78.8 Å². The highest BCUT2D eigenvalue weighted by molar-refractivity contribution is 5.38. The van der Waals surface area contributed by atoms with Crippen LogP contribution in [0, 0.1) is 0 Å². The largest absolute Gasteiger partial charge is 0.508 e. The average Bonchev–Trinajstić information content (AvgIpc) is 2.03. The molecule has 0 spiro atoms. The van der Waals surface area contributed by atoms with Crippen LogP contribution in [0.1, 0.15) is 43.9 Å². The van der Waals surface area contributed by atoms with Gasteiger partial charge in [0.2, 0.25) is 0 Å². The topological polar surface area (TPSA) is 40.5 Å². The van der Waals surface area contributed by atoms with Gasteiger partial charge in [-0.3, -0.25) is 0 Å². The summed E-state index contributed by atoms with van der Waals surface area (Å²) >= 11 is 0. The second-order valence-corrected chi connectivity index (χ2v) is 3.65. The van der Waals surface area contributed by atoms with Gasteiger partial charge in [-0.1, -0.05) is 26.0 Å². The molecule has 0 aromatic heterocycles. The average molecular weight is 180 g/mol. The maximum Gasteiger partial charge on any atom is 0.121 e. The van der Waals surface area contributed by atoms with E-state index in [0.29, 0.717) is 11.5 Å². The lowest BCUT2D eigenvalue weighted by molar-refractivity contribution is 0.195. The number of phenolic OH excluding ortho intramolecular Hbond substituents is 1. The first-order valence-electron chi connectivity index (χ1n) is 4.53. The van der Waals surface area contributed by atoms with Crippen molar-refractivity contribution in [3.05, 3.63) is 29.3 Å². The fraction of sp³-hybridized carbons (Fsp3) is 0.455. The Kier molecular flexibility index (Phi) is 2.94. The SMILES string of the molecule is CC(C)c1ccc(C(C)O)c(O)c1. The van der Waals surface area contributed by atoms with Crippen molar-refractivity contribution in [3.63, 3.8) is 0 Å². The summed E-state index contributed by atoms with van der Waals surface area (Å²) in [7, 11) is 0. The van der Waals surface area contributed by atoms with Crippen LogP contribution in [0.5, 0.6) is 5.75 Å². The Morgan fingerprint density at radius 1 is 1.15 bits per heavy atom. The van der Waals surface area contributed by atoms with E-state index in [1.54, 1.807) is 19.1 Å². The van der Waals surface area contributed by atoms with Gasteiger partial charge < -0.3 is 10.2 Å². The first kappa shape index (κ1) is 10.1. The summed E-state index contributed by atoms with van der Waals surface area (Å²) in [5, 5.41) is 18.8. The maximum absolute atomic E-state index is 9.55. The molecule has 1 rings (SSSR count). The smallest absolute Gasteiger partial charge is 0.121 e. The van der Waals surface area contributed by atoms with Crippen LogP contribution in [0.2, 0.25) is 0 Å². The summed E-state index contributed by atoms with van der Waals surface area (Å²) in [4.78, 5) is 0. The van der Waals surface area contributed by atoms with Gasteiger partial charge in [0.05, 0.1) is 6.10 Å². The number of aromatic hydroxyl groups is 1. The molecule has 0 saturated heterocycles. The third-order valence-electron chi connectivity index (χ3n) is 2.17. The Morgan fingerprint density at radius 3 is 2.15 bits per heavy atom. The molecule has 0 radical (unpaired) electrons. The van der Waals surface area contributed by atoms with Crippen molar-refractivity contribution in [3.8, 4) is 5.75 Å². The molecule has 0 heterocycles. The minimum Gasteiger partial charge on any atom is -0.508 e. The Hall–Kier alpha value is -1.02. The van der Waals surface area contributed by atoms with Crippen LogP contribution >= 0.6 is 0 Å². The molecular formula is C11H16O2. The lowest BCUT2D eigenvalue weighted by atomic mass is 9.99. The highest BCUT2D eigenvalue weighted by Crippen LogP contribution is 2.27. The van der Waals surface area contributed by atoms with Gasteiger partial charge in [-0.2, -0.15) is 0 Å². The van der Waals surface area contributed by atoms with Crippen LogP contribution in [0.15, 0.2) is 18.2 Å². The zero-order valence-corrected chi connectivity index (χ0v) is 8.28. The standard InChI is InChI=1S/C11H16O2/c1-7(2)9-4-5-10(8(3)12)11(13)6-9/h4-8,12-13H,1-3H3. The number of rotatable bonds is 2. The van der Waals surface area contributed by atoms with Crippen molar-refractivity contribution in [1.82, 2.24) is 0 Å². The van der Waals surface area contributed by atoms with Crippen molar-refractivity contribution in [2.24, 2.45) is 0 Å². The summed E-state index contributed by atoms with van der Waals surface area (Å²) in [5.74, 6) is 0.579. The van der Waals surface area contributed by atoms with Gasteiger partial charge >= 0.3 is 0 Å². The fourth-order valence-electron chi connectivity index (χ4n) is 1.27. The Bertz CT molecular complexity index is 290. The zero-order chi connectivity index (χ0) is 10.0. The first-order valence-corrected chi connectivity index (χ1v) is 4.53. The van der Waals surface area contributed by atoms with Gasteiger partial charge in [0.1, 0.15) is 5.75 Å². The van der Waals surface area contributed by atoms with Gasteiger partial charge in [0, 0.05) is 5.56 Å². The third-order valence-corrected chi connectivity index (χ3v) is 2.17. The van der Waals surface area contributed by atoms with E-state index in [9.17, 15) is 10.2 Å². The predicted octanol–water partition coefficient (Wildman–Crippen LogP) is 2.57. The third kappa shape index (κ3) is 2.22. The van der Waals surface area contributed by atoms with Crippen LogP contribution in [0.25, 0.3) is 0 Å². The molecule has 2 N–H and O–H groups in total. The molecule has 13 heavy (non-hydrogen) atoms. The minimum absolute atomic E-state index is 0.182. The lowest BCUT2D eigenvalue weighted by Gasteiger charge is -2.11. The second kappa shape index (κ2) is 3.79. The fourth-order valence-corrected chi connectivity index (χ4v) is 1.27. The quantitative estimate of drug-likeness (QED) is 0.734.